The molecule has 3 rings (SSSR count). The van der Waals surface area contributed by atoms with E-state index in [-0.39, 0.29) is 0 Å². The summed E-state index contributed by atoms with van der Waals surface area (Å²) >= 11 is 0. The quantitative estimate of drug-likeness (QED) is 0.360. The molecule has 0 aromatic heterocycles. The third kappa shape index (κ3) is 6.16. The van der Waals surface area contributed by atoms with E-state index in [1.54, 1.807) is 0 Å². The normalized spacial score (nSPS) is 18.9. The molecule has 1 aliphatic carbocycles. The van der Waals surface area contributed by atoms with E-state index in [0.717, 1.165) is 17.2 Å². The van der Waals surface area contributed by atoms with Crippen LogP contribution in [0.5, 0.6) is 5.75 Å². The summed E-state index contributed by atoms with van der Waals surface area (Å²) in [6.07, 6.45) is 10.9. The van der Waals surface area contributed by atoms with Crippen LogP contribution in [-0.2, 0) is 0 Å². The Morgan fingerprint density at radius 1 is 0.821 bits per heavy atom. The van der Waals surface area contributed by atoms with Crippen molar-refractivity contribution in [2.75, 3.05) is 6.61 Å². The average molecular weight is 375 g/mol. The summed E-state index contributed by atoms with van der Waals surface area (Å²) in [5.74, 6) is 9.43. The van der Waals surface area contributed by atoms with Crippen LogP contribution in [0.3, 0.4) is 0 Å². The Morgan fingerprint density at radius 3 is 2.07 bits per heavy atom. The van der Waals surface area contributed by atoms with Gasteiger partial charge >= 0.3 is 0 Å². The molecule has 28 heavy (non-hydrogen) atoms. The van der Waals surface area contributed by atoms with E-state index in [0.29, 0.717) is 12.5 Å². The highest BCUT2D eigenvalue weighted by Gasteiger charge is 2.19. The molecule has 0 amide bonds. The third-order valence-corrected chi connectivity index (χ3v) is 5.87. The van der Waals surface area contributed by atoms with Gasteiger partial charge in [0, 0.05) is 11.5 Å². The summed E-state index contributed by atoms with van der Waals surface area (Å²) in [6, 6.07) is 16.9. The molecule has 1 heteroatoms. The fourth-order valence-corrected chi connectivity index (χ4v) is 4.12. The zero-order valence-electron chi connectivity index (χ0n) is 17.5. The molecule has 1 saturated carbocycles. The largest absolute Gasteiger partial charge is 0.494 e. The standard InChI is InChI=1S/C27H34O/c1-3-5-6-7-22-8-10-23(11-9-22)12-13-24-14-16-25(17-15-24)26-18-20-27(21-19-26)28-4-2/h14-23H,3-11H2,1-2H3. The first-order valence-corrected chi connectivity index (χ1v) is 11.1. The molecule has 0 heterocycles. The van der Waals surface area contributed by atoms with Gasteiger partial charge in [0.2, 0.25) is 0 Å². The van der Waals surface area contributed by atoms with Crippen LogP contribution in [0.1, 0.15) is 70.8 Å². The fourth-order valence-electron chi connectivity index (χ4n) is 4.12. The second-order valence-electron chi connectivity index (χ2n) is 8.02. The third-order valence-electron chi connectivity index (χ3n) is 5.87. The molecule has 0 radical (unpaired) electrons. The molecule has 2 aromatic rings. The first kappa shape index (κ1) is 20.5. The van der Waals surface area contributed by atoms with Crippen LogP contribution in [0.15, 0.2) is 48.5 Å². The zero-order chi connectivity index (χ0) is 19.6. The highest BCUT2D eigenvalue weighted by molar-refractivity contribution is 5.65. The van der Waals surface area contributed by atoms with Crippen LogP contribution in [0.2, 0.25) is 0 Å². The van der Waals surface area contributed by atoms with Crippen LogP contribution < -0.4 is 4.74 Å². The number of hydrogen-bond donors (Lipinski definition) is 0. The van der Waals surface area contributed by atoms with Gasteiger partial charge in [0.1, 0.15) is 5.75 Å². The molecule has 0 bridgehead atoms. The molecule has 0 unspecified atom stereocenters. The molecular formula is C27H34O. The minimum absolute atomic E-state index is 0.591. The van der Waals surface area contributed by atoms with Gasteiger partial charge in [-0.15, -0.1) is 0 Å². The molecule has 0 aliphatic heterocycles. The lowest BCUT2D eigenvalue weighted by Crippen LogP contribution is -2.13. The predicted octanol–water partition coefficient (Wildman–Crippen LogP) is 7.49. The summed E-state index contributed by atoms with van der Waals surface area (Å²) in [6.45, 7) is 5.00. The van der Waals surface area contributed by atoms with Crippen LogP contribution in [0.25, 0.3) is 11.1 Å². The van der Waals surface area contributed by atoms with Gasteiger partial charge < -0.3 is 4.74 Å². The highest BCUT2D eigenvalue weighted by Crippen LogP contribution is 2.31. The summed E-state index contributed by atoms with van der Waals surface area (Å²) in [7, 11) is 0. The van der Waals surface area contributed by atoms with Crippen LogP contribution in [-0.4, -0.2) is 6.61 Å². The van der Waals surface area contributed by atoms with Gasteiger partial charge in [-0.05, 0) is 73.9 Å². The van der Waals surface area contributed by atoms with E-state index in [1.807, 2.05) is 19.1 Å². The van der Waals surface area contributed by atoms with Crippen molar-refractivity contribution in [3.63, 3.8) is 0 Å². The molecular weight excluding hydrogens is 340 g/mol. The SMILES string of the molecule is CCCCCC1CCC(C#Cc2ccc(-c3ccc(OCC)cc3)cc2)CC1. The fraction of sp³-hybridized carbons (Fsp3) is 0.481. The molecule has 148 valence electrons. The second kappa shape index (κ2) is 11.0. The van der Waals surface area contributed by atoms with Gasteiger partial charge in [-0.3, -0.25) is 0 Å². The molecule has 0 saturated heterocycles. The Kier molecular flexibility index (Phi) is 8.04. The maximum Gasteiger partial charge on any atom is 0.119 e. The Labute approximate surface area is 171 Å². The molecule has 0 atom stereocenters. The number of benzene rings is 2. The minimum atomic E-state index is 0.591. The smallest absolute Gasteiger partial charge is 0.119 e. The molecule has 0 N–H and O–H groups in total. The first-order valence-electron chi connectivity index (χ1n) is 11.1. The molecule has 1 fully saturated rings. The molecule has 0 spiro atoms. The molecule has 2 aromatic carbocycles. The van der Waals surface area contributed by atoms with Crippen LogP contribution in [0.4, 0.5) is 0 Å². The maximum absolute atomic E-state index is 5.52. The Balaban J connectivity index is 1.51. The maximum atomic E-state index is 5.52. The van der Waals surface area contributed by atoms with Gasteiger partial charge in [0.25, 0.3) is 0 Å². The first-order chi connectivity index (χ1) is 13.8. The Morgan fingerprint density at radius 2 is 1.46 bits per heavy atom. The Bertz CT molecular complexity index is 753. The summed E-state index contributed by atoms with van der Waals surface area (Å²) in [4.78, 5) is 0. The van der Waals surface area contributed by atoms with E-state index in [4.69, 9.17) is 4.74 Å². The minimum Gasteiger partial charge on any atom is -0.494 e. The molecule has 1 nitrogen and oxygen atoms in total. The lowest BCUT2D eigenvalue weighted by Gasteiger charge is -2.25. The monoisotopic (exact) mass is 374 g/mol. The van der Waals surface area contributed by atoms with Crippen molar-refractivity contribution in [3.8, 4) is 28.7 Å². The van der Waals surface area contributed by atoms with Gasteiger partial charge in [0.05, 0.1) is 6.61 Å². The summed E-state index contributed by atoms with van der Waals surface area (Å²) < 4.78 is 5.52. The van der Waals surface area contributed by atoms with Gasteiger partial charge in [-0.25, -0.2) is 0 Å². The number of hydrogen-bond acceptors (Lipinski definition) is 1. The van der Waals surface area contributed by atoms with E-state index in [9.17, 15) is 0 Å². The number of unbranched alkanes of at least 4 members (excludes halogenated alkanes) is 2. The van der Waals surface area contributed by atoms with Crippen molar-refractivity contribution in [2.45, 2.75) is 65.2 Å². The number of ether oxygens (including phenoxy) is 1. The molecule has 1 aliphatic rings. The van der Waals surface area contributed by atoms with Crippen molar-refractivity contribution in [3.05, 3.63) is 54.1 Å². The van der Waals surface area contributed by atoms with Gasteiger partial charge in [0.15, 0.2) is 0 Å². The van der Waals surface area contributed by atoms with Gasteiger partial charge in [-0.1, -0.05) is 68.7 Å². The van der Waals surface area contributed by atoms with Crippen molar-refractivity contribution in [2.24, 2.45) is 11.8 Å². The van der Waals surface area contributed by atoms with E-state index in [1.165, 1.54) is 62.5 Å². The summed E-state index contributed by atoms with van der Waals surface area (Å²) in [5, 5.41) is 0. The van der Waals surface area contributed by atoms with Crippen LogP contribution in [0, 0.1) is 23.7 Å². The highest BCUT2D eigenvalue weighted by atomic mass is 16.5. The Hall–Kier alpha value is -2.20. The topological polar surface area (TPSA) is 9.23 Å². The van der Waals surface area contributed by atoms with E-state index >= 15 is 0 Å². The predicted molar refractivity (Wildman–Crippen MR) is 120 cm³/mol. The van der Waals surface area contributed by atoms with E-state index < -0.39 is 0 Å². The second-order valence-corrected chi connectivity index (χ2v) is 8.02. The van der Waals surface area contributed by atoms with Crippen molar-refractivity contribution >= 4 is 0 Å². The van der Waals surface area contributed by atoms with E-state index in [2.05, 4.69) is 55.2 Å². The lowest BCUT2D eigenvalue weighted by molar-refractivity contribution is 0.294. The lowest BCUT2D eigenvalue weighted by atomic mass is 9.80. The van der Waals surface area contributed by atoms with Crippen LogP contribution >= 0.6 is 0 Å². The average Bonchev–Trinajstić information content (AvgIpc) is 2.75. The van der Waals surface area contributed by atoms with Crippen molar-refractivity contribution in [1.29, 1.82) is 0 Å². The van der Waals surface area contributed by atoms with Crippen molar-refractivity contribution in [1.82, 2.24) is 0 Å². The number of rotatable bonds is 7. The summed E-state index contributed by atoms with van der Waals surface area (Å²) in [5.41, 5.74) is 3.56. The van der Waals surface area contributed by atoms with Gasteiger partial charge in [-0.2, -0.15) is 0 Å². The van der Waals surface area contributed by atoms with Crippen molar-refractivity contribution < 1.29 is 4.74 Å². The zero-order valence-corrected chi connectivity index (χ0v) is 17.5.